The maximum Gasteiger partial charge on any atom is 0.264 e. The van der Waals surface area contributed by atoms with E-state index in [1.807, 2.05) is 26.9 Å². The molecule has 4 rings (SSSR count). The maximum absolute atomic E-state index is 13.0. The highest BCUT2D eigenvalue weighted by Crippen LogP contribution is 2.30. The van der Waals surface area contributed by atoms with Gasteiger partial charge in [0.2, 0.25) is 10.0 Å². The van der Waals surface area contributed by atoms with Crippen molar-refractivity contribution in [3.8, 4) is 0 Å². The van der Waals surface area contributed by atoms with Crippen LogP contribution in [0.2, 0.25) is 0 Å². The zero-order chi connectivity index (χ0) is 17.6. The van der Waals surface area contributed by atoms with Gasteiger partial charge in [-0.3, -0.25) is 9.20 Å². The average Bonchev–Trinajstić information content (AvgIpc) is 3.23. The molecule has 4 heterocycles. The first-order chi connectivity index (χ1) is 11.9. The Morgan fingerprint density at radius 3 is 3.08 bits per heavy atom. The number of rotatable bonds is 4. The van der Waals surface area contributed by atoms with E-state index in [4.69, 9.17) is 0 Å². The molecule has 10 heteroatoms. The molecular weight excluding hydrogens is 380 g/mol. The van der Waals surface area contributed by atoms with Crippen molar-refractivity contribution in [2.45, 2.75) is 25.3 Å². The minimum Gasteiger partial charge on any atom is -0.334 e. The van der Waals surface area contributed by atoms with E-state index in [2.05, 4.69) is 9.71 Å². The molecule has 0 unspecified atom stereocenters. The van der Waals surface area contributed by atoms with Gasteiger partial charge in [0, 0.05) is 30.7 Å². The zero-order valence-corrected chi connectivity index (χ0v) is 16.1. The minimum atomic E-state index is -3.26. The molecule has 1 N–H and O–H groups in total. The van der Waals surface area contributed by atoms with Gasteiger partial charge in [-0.1, -0.05) is 0 Å². The molecule has 1 amide bonds. The third-order valence-electron chi connectivity index (χ3n) is 4.42. The largest absolute Gasteiger partial charge is 0.334 e. The monoisotopic (exact) mass is 398 g/mol. The number of amides is 1. The molecule has 1 aliphatic rings. The van der Waals surface area contributed by atoms with Gasteiger partial charge in [-0.2, -0.15) is 0 Å². The van der Waals surface area contributed by atoms with E-state index in [0.29, 0.717) is 11.4 Å². The van der Waals surface area contributed by atoms with Crippen LogP contribution in [0.4, 0.5) is 0 Å². The van der Waals surface area contributed by atoms with Gasteiger partial charge in [0.1, 0.15) is 4.83 Å². The highest BCUT2D eigenvalue weighted by molar-refractivity contribution is 7.88. The number of piperidine rings is 1. The van der Waals surface area contributed by atoms with E-state index in [9.17, 15) is 13.2 Å². The molecule has 0 bridgehead atoms. The molecule has 134 valence electrons. The Labute approximate surface area is 153 Å². The van der Waals surface area contributed by atoms with Crippen molar-refractivity contribution in [3.05, 3.63) is 22.5 Å². The van der Waals surface area contributed by atoms with Crippen LogP contribution in [0, 0.1) is 0 Å². The van der Waals surface area contributed by atoms with Crippen LogP contribution in [0.15, 0.2) is 17.6 Å². The number of nitrogens with zero attached hydrogens (tertiary/aromatic N) is 3. The van der Waals surface area contributed by atoms with Crippen molar-refractivity contribution < 1.29 is 13.2 Å². The highest BCUT2D eigenvalue weighted by atomic mass is 32.2. The van der Waals surface area contributed by atoms with Crippen LogP contribution in [0.5, 0.6) is 0 Å². The van der Waals surface area contributed by atoms with Gasteiger partial charge in [0.15, 0.2) is 4.96 Å². The second-order valence-electron chi connectivity index (χ2n) is 6.24. The van der Waals surface area contributed by atoms with Crippen LogP contribution >= 0.6 is 22.7 Å². The van der Waals surface area contributed by atoms with Crippen molar-refractivity contribution in [1.29, 1.82) is 0 Å². The molecule has 7 nitrogen and oxygen atoms in total. The summed E-state index contributed by atoms with van der Waals surface area (Å²) in [5, 5.41) is 1.97. The Kier molecular flexibility index (Phi) is 4.30. The van der Waals surface area contributed by atoms with E-state index >= 15 is 0 Å². The lowest BCUT2D eigenvalue weighted by Gasteiger charge is -2.35. The number of fused-ring (bicyclic) bond motifs is 3. The van der Waals surface area contributed by atoms with E-state index < -0.39 is 10.0 Å². The fourth-order valence-corrected chi connectivity index (χ4v) is 5.47. The molecule has 0 radical (unpaired) electrons. The molecule has 0 aliphatic carbocycles. The van der Waals surface area contributed by atoms with Gasteiger partial charge in [-0.05, 0) is 25.3 Å². The van der Waals surface area contributed by atoms with Crippen LogP contribution in [-0.2, 0) is 10.0 Å². The lowest BCUT2D eigenvalue weighted by molar-refractivity contribution is 0.0624. The van der Waals surface area contributed by atoms with Gasteiger partial charge >= 0.3 is 0 Å². The summed E-state index contributed by atoms with van der Waals surface area (Å²) in [5.41, 5.74) is 0.951. The Morgan fingerprint density at radius 1 is 1.44 bits per heavy atom. The summed E-state index contributed by atoms with van der Waals surface area (Å²) in [7, 11) is -3.26. The second kappa shape index (κ2) is 6.35. The average molecular weight is 399 g/mol. The SMILES string of the molecule is CS(=O)(=O)NC[C@H]1CCCCN1C(=O)c1cc2c(nc3sccn32)s1. The molecule has 3 aromatic rings. The Morgan fingerprint density at radius 2 is 2.28 bits per heavy atom. The summed E-state index contributed by atoms with van der Waals surface area (Å²) < 4.78 is 27.3. The first kappa shape index (κ1) is 17.0. The summed E-state index contributed by atoms with van der Waals surface area (Å²) in [6.07, 6.45) is 5.86. The molecule has 0 spiro atoms. The fourth-order valence-electron chi connectivity index (χ4n) is 3.22. The molecule has 0 saturated carbocycles. The molecule has 1 atom stereocenters. The number of hydrogen-bond donors (Lipinski definition) is 1. The number of sulfonamides is 1. The number of imidazole rings is 1. The topological polar surface area (TPSA) is 83.8 Å². The molecule has 3 aromatic heterocycles. The van der Waals surface area contributed by atoms with E-state index in [-0.39, 0.29) is 18.5 Å². The van der Waals surface area contributed by atoms with Crippen molar-refractivity contribution in [2.75, 3.05) is 19.3 Å². The third-order valence-corrected chi connectivity index (χ3v) is 6.87. The van der Waals surface area contributed by atoms with E-state index in [1.54, 1.807) is 11.3 Å². The van der Waals surface area contributed by atoms with Crippen molar-refractivity contribution >= 4 is 53.9 Å². The standard InChI is InChI=1S/C15H18N4O3S3/c1-25(21,22)16-9-10-4-2-3-5-18(10)14(20)12-8-11-13(24-12)17-15-19(11)6-7-23-15/h6-8,10,16H,2-5,9H2,1H3/t10-/m1/s1. The molecule has 1 aliphatic heterocycles. The van der Waals surface area contributed by atoms with Crippen molar-refractivity contribution in [1.82, 2.24) is 19.0 Å². The summed E-state index contributed by atoms with van der Waals surface area (Å²) in [4.78, 5) is 21.8. The number of thiazole rings is 1. The minimum absolute atomic E-state index is 0.0352. The van der Waals surface area contributed by atoms with Gasteiger partial charge in [-0.15, -0.1) is 22.7 Å². The molecule has 1 saturated heterocycles. The van der Waals surface area contributed by atoms with Gasteiger partial charge in [0.25, 0.3) is 5.91 Å². The van der Waals surface area contributed by atoms with Crippen LogP contribution in [0.25, 0.3) is 15.3 Å². The Bertz CT molecular complexity index is 1030. The van der Waals surface area contributed by atoms with E-state index in [1.165, 1.54) is 11.3 Å². The van der Waals surface area contributed by atoms with Gasteiger partial charge < -0.3 is 4.90 Å². The van der Waals surface area contributed by atoms with E-state index in [0.717, 1.165) is 40.8 Å². The number of nitrogens with one attached hydrogen (secondary N) is 1. The number of carbonyl (C=O) groups excluding carboxylic acids is 1. The van der Waals surface area contributed by atoms with Gasteiger partial charge in [0.05, 0.1) is 16.6 Å². The molecule has 25 heavy (non-hydrogen) atoms. The summed E-state index contributed by atoms with van der Waals surface area (Å²) >= 11 is 2.97. The summed E-state index contributed by atoms with van der Waals surface area (Å²) in [5.74, 6) is -0.0352. The predicted octanol–water partition coefficient (Wildman–Crippen LogP) is 2.15. The second-order valence-corrected chi connectivity index (χ2v) is 9.97. The lowest BCUT2D eigenvalue weighted by atomic mass is 10.0. The summed E-state index contributed by atoms with van der Waals surface area (Å²) in [6, 6.07) is 1.79. The predicted molar refractivity (Wildman–Crippen MR) is 100.0 cm³/mol. The number of hydrogen-bond acceptors (Lipinski definition) is 6. The smallest absolute Gasteiger partial charge is 0.264 e. The molecular formula is C15H18N4O3S3. The number of thiophene rings is 1. The fraction of sp³-hybridized carbons (Fsp3) is 0.467. The van der Waals surface area contributed by atoms with Crippen molar-refractivity contribution in [3.63, 3.8) is 0 Å². The van der Waals surface area contributed by atoms with Gasteiger partial charge in [-0.25, -0.2) is 18.1 Å². The van der Waals surface area contributed by atoms with Crippen LogP contribution in [0.1, 0.15) is 28.9 Å². The normalized spacial score (nSPS) is 19.1. The lowest BCUT2D eigenvalue weighted by Crippen LogP contribution is -2.49. The van der Waals surface area contributed by atoms with Crippen molar-refractivity contribution in [2.24, 2.45) is 0 Å². The van der Waals surface area contributed by atoms with Crippen LogP contribution < -0.4 is 4.72 Å². The molecule has 1 fully saturated rings. The highest BCUT2D eigenvalue weighted by Gasteiger charge is 2.29. The number of likely N-dealkylation sites (tertiary alicyclic amines) is 1. The number of aromatic nitrogens is 2. The maximum atomic E-state index is 13.0. The summed E-state index contributed by atoms with van der Waals surface area (Å²) in [6.45, 7) is 0.926. The Hall–Kier alpha value is -1.49. The zero-order valence-electron chi connectivity index (χ0n) is 13.6. The Balaban J connectivity index is 1.59. The first-order valence-electron chi connectivity index (χ1n) is 8.03. The quantitative estimate of drug-likeness (QED) is 0.730. The first-order valence-corrected chi connectivity index (χ1v) is 11.6. The molecule has 0 aromatic carbocycles. The van der Waals surface area contributed by atoms with Crippen LogP contribution in [-0.4, -0.2) is 54.0 Å². The number of carbonyl (C=O) groups is 1. The third kappa shape index (κ3) is 3.31. The van der Waals surface area contributed by atoms with Crippen LogP contribution in [0.3, 0.4) is 0 Å².